The Bertz CT molecular complexity index is 737. The Morgan fingerprint density at radius 3 is 2.77 bits per heavy atom. The fourth-order valence-corrected chi connectivity index (χ4v) is 4.22. The molecule has 1 aromatic heterocycles. The maximum Gasteiger partial charge on any atom is 0.292 e. The molecule has 7 heteroatoms. The zero-order valence-corrected chi connectivity index (χ0v) is 15.1. The quantitative estimate of drug-likeness (QED) is 0.863. The fourth-order valence-electron chi connectivity index (χ4n) is 4.22. The standard InChI is InChI=1S/C19H25N3O4/c1-10-17(26-16(20-10)8-11-2-3-11)19(24)22-13-6-7-25-15(13)9-14(22)18(23)21-12-4-5-12/h11-15H,2-9H2,1H3,(H,21,23)/t13-,14-,15-/m0/s1. The summed E-state index contributed by atoms with van der Waals surface area (Å²) in [6.07, 6.45) is 6.56. The lowest BCUT2D eigenvalue weighted by molar-refractivity contribution is -0.125. The summed E-state index contributed by atoms with van der Waals surface area (Å²) in [7, 11) is 0. The van der Waals surface area contributed by atoms with Crippen molar-refractivity contribution in [2.24, 2.45) is 5.92 Å². The van der Waals surface area contributed by atoms with Gasteiger partial charge in [0.15, 0.2) is 5.89 Å². The first-order chi connectivity index (χ1) is 12.6. The molecule has 7 nitrogen and oxygen atoms in total. The summed E-state index contributed by atoms with van der Waals surface area (Å²) in [5.41, 5.74) is 0.620. The Balaban J connectivity index is 1.40. The highest BCUT2D eigenvalue weighted by Gasteiger charge is 2.51. The number of hydrogen-bond acceptors (Lipinski definition) is 5. The summed E-state index contributed by atoms with van der Waals surface area (Å²) in [5, 5.41) is 3.04. The molecule has 0 radical (unpaired) electrons. The van der Waals surface area contributed by atoms with Crippen LogP contribution in [-0.4, -0.2) is 52.5 Å². The van der Waals surface area contributed by atoms with Crippen molar-refractivity contribution < 1.29 is 18.7 Å². The molecule has 0 unspecified atom stereocenters. The molecule has 1 N–H and O–H groups in total. The topological polar surface area (TPSA) is 84.7 Å². The number of rotatable bonds is 5. The number of fused-ring (bicyclic) bond motifs is 1. The third-order valence-electron chi connectivity index (χ3n) is 5.98. The average molecular weight is 359 g/mol. The van der Waals surface area contributed by atoms with E-state index in [4.69, 9.17) is 9.15 Å². The van der Waals surface area contributed by atoms with Crippen LogP contribution in [0, 0.1) is 12.8 Å². The highest BCUT2D eigenvalue weighted by Crippen LogP contribution is 2.37. The molecule has 4 fully saturated rings. The fraction of sp³-hybridized carbons (Fsp3) is 0.737. The number of carbonyl (C=O) groups is 2. The first-order valence-electron chi connectivity index (χ1n) is 9.81. The van der Waals surface area contributed by atoms with Crippen LogP contribution >= 0.6 is 0 Å². The number of amides is 2. The van der Waals surface area contributed by atoms with Gasteiger partial charge in [-0.2, -0.15) is 0 Å². The molecule has 2 aliphatic carbocycles. The zero-order valence-electron chi connectivity index (χ0n) is 15.1. The molecule has 3 heterocycles. The molecular weight excluding hydrogens is 334 g/mol. The van der Waals surface area contributed by atoms with Gasteiger partial charge in [-0.25, -0.2) is 4.98 Å². The van der Waals surface area contributed by atoms with Crippen LogP contribution in [0.2, 0.25) is 0 Å². The van der Waals surface area contributed by atoms with E-state index in [0.717, 1.165) is 25.7 Å². The largest absolute Gasteiger partial charge is 0.435 e. The van der Waals surface area contributed by atoms with Crippen LogP contribution in [0.5, 0.6) is 0 Å². The third-order valence-corrected chi connectivity index (χ3v) is 5.98. The molecule has 0 bridgehead atoms. The number of aromatic nitrogens is 1. The van der Waals surface area contributed by atoms with E-state index in [2.05, 4.69) is 10.3 Å². The van der Waals surface area contributed by atoms with Crippen molar-refractivity contribution in [3.05, 3.63) is 17.3 Å². The number of hydrogen-bond donors (Lipinski definition) is 1. The van der Waals surface area contributed by atoms with E-state index in [1.165, 1.54) is 12.8 Å². The van der Waals surface area contributed by atoms with Crippen molar-refractivity contribution in [2.75, 3.05) is 6.61 Å². The minimum Gasteiger partial charge on any atom is -0.435 e. The third kappa shape index (κ3) is 2.92. The van der Waals surface area contributed by atoms with Gasteiger partial charge in [0, 0.05) is 25.5 Å². The van der Waals surface area contributed by atoms with Gasteiger partial charge >= 0.3 is 0 Å². The number of carbonyl (C=O) groups excluding carboxylic acids is 2. The van der Waals surface area contributed by atoms with Crippen LogP contribution < -0.4 is 5.32 Å². The van der Waals surface area contributed by atoms with E-state index in [1.807, 2.05) is 6.92 Å². The molecule has 3 atom stereocenters. The molecular formula is C19H25N3O4. The Hall–Kier alpha value is -1.89. The monoisotopic (exact) mass is 359 g/mol. The molecule has 140 valence electrons. The number of nitrogens with zero attached hydrogens (tertiary/aromatic N) is 2. The number of likely N-dealkylation sites (tertiary alicyclic amines) is 1. The van der Waals surface area contributed by atoms with Gasteiger partial charge in [-0.3, -0.25) is 9.59 Å². The second-order valence-corrected chi connectivity index (χ2v) is 8.18. The molecule has 5 rings (SSSR count). The summed E-state index contributed by atoms with van der Waals surface area (Å²) in [6, 6.07) is -0.249. The van der Waals surface area contributed by atoms with Crippen molar-refractivity contribution in [3.63, 3.8) is 0 Å². The van der Waals surface area contributed by atoms with Gasteiger partial charge in [0.05, 0.1) is 17.8 Å². The van der Waals surface area contributed by atoms with Crippen molar-refractivity contribution in [1.29, 1.82) is 0 Å². The van der Waals surface area contributed by atoms with E-state index in [9.17, 15) is 9.59 Å². The number of oxazole rings is 1. The van der Waals surface area contributed by atoms with Crippen LogP contribution in [0.3, 0.4) is 0 Å². The summed E-state index contributed by atoms with van der Waals surface area (Å²) in [5.74, 6) is 1.30. The lowest BCUT2D eigenvalue weighted by Crippen LogP contribution is -2.49. The summed E-state index contributed by atoms with van der Waals surface area (Å²) >= 11 is 0. The van der Waals surface area contributed by atoms with E-state index in [1.54, 1.807) is 4.90 Å². The van der Waals surface area contributed by atoms with Crippen molar-refractivity contribution in [3.8, 4) is 0 Å². The molecule has 2 saturated heterocycles. The molecule has 2 aliphatic heterocycles. The first kappa shape index (κ1) is 16.3. The van der Waals surface area contributed by atoms with Crippen LogP contribution in [0.4, 0.5) is 0 Å². The number of ether oxygens (including phenoxy) is 1. The Morgan fingerprint density at radius 1 is 1.23 bits per heavy atom. The van der Waals surface area contributed by atoms with Crippen molar-refractivity contribution >= 4 is 11.8 Å². The lowest BCUT2D eigenvalue weighted by Gasteiger charge is -2.27. The number of nitrogens with one attached hydrogen (secondary N) is 1. The molecule has 1 aromatic rings. The molecule has 26 heavy (non-hydrogen) atoms. The summed E-state index contributed by atoms with van der Waals surface area (Å²) in [6.45, 7) is 2.45. The highest BCUT2D eigenvalue weighted by atomic mass is 16.5. The molecule has 2 saturated carbocycles. The van der Waals surface area contributed by atoms with Crippen molar-refractivity contribution in [2.45, 2.75) is 76.1 Å². The normalized spacial score (nSPS) is 30.5. The molecule has 0 spiro atoms. The van der Waals surface area contributed by atoms with E-state index in [-0.39, 0.29) is 35.8 Å². The van der Waals surface area contributed by atoms with Crippen LogP contribution in [0.1, 0.15) is 60.7 Å². The van der Waals surface area contributed by atoms with Gasteiger partial charge in [0.2, 0.25) is 11.7 Å². The summed E-state index contributed by atoms with van der Waals surface area (Å²) < 4.78 is 11.6. The second kappa shape index (κ2) is 6.08. The predicted molar refractivity (Wildman–Crippen MR) is 91.6 cm³/mol. The minimum absolute atomic E-state index is 0.0474. The first-order valence-corrected chi connectivity index (χ1v) is 9.81. The van der Waals surface area contributed by atoms with Gasteiger partial charge in [0.25, 0.3) is 5.91 Å². The summed E-state index contributed by atoms with van der Waals surface area (Å²) in [4.78, 5) is 32.2. The second-order valence-electron chi connectivity index (χ2n) is 8.18. The number of aryl methyl sites for hydroxylation is 1. The predicted octanol–water partition coefficient (Wildman–Crippen LogP) is 1.59. The Morgan fingerprint density at radius 2 is 2.04 bits per heavy atom. The smallest absolute Gasteiger partial charge is 0.292 e. The Kier molecular flexibility index (Phi) is 3.81. The van der Waals surface area contributed by atoms with Crippen LogP contribution in [0.25, 0.3) is 0 Å². The lowest BCUT2D eigenvalue weighted by atomic mass is 10.1. The zero-order chi connectivity index (χ0) is 17.8. The average Bonchev–Trinajstić information content (AvgIpc) is 3.46. The van der Waals surface area contributed by atoms with Gasteiger partial charge < -0.3 is 19.4 Å². The van der Waals surface area contributed by atoms with E-state index in [0.29, 0.717) is 30.5 Å². The van der Waals surface area contributed by atoms with Gasteiger partial charge in [-0.15, -0.1) is 0 Å². The van der Waals surface area contributed by atoms with Gasteiger partial charge in [-0.05, 0) is 44.9 Å². The maximum atomic E-state index is 13.3. The molecule has 2 amide bonds. The maximum absolute atomic E-state index is 13.3. The van der Waals surface area contributed by atoms with E-state index < -0.39 is 6.04 Å². The highest BCUT2D eigenvalue weighted by molar-refractivity contribution is 5.97. The Labute approximate surface area is 152 Å². The molecule has 4 aliphatic rings. The van der Waals surface area contributed by atoms with E-state index >= 15 is 0 Å². The van der Waals surface area contributed by atoms with Crippen LogP contribution in [-0.2, 0) is 16.0 Å². The van der Waals surface area contributed by atoms with Crippen molar-refractivity contribution in [1.82, 2.24) is 15.2 Å². The van der Waals surface area contributed by atoms with Gasteiger partial charge in [0.1, 0.15) is 6.04 Å². The SMILES string of the molecule is Cc1nc(CC2CC2)oc1C(=O)N1[C@H](C(=O)NC2CC2)C[C@@H]2OCC[C@@H]21. The minimum atomic E-state index is -0.477. The molecule has 0 aromatic carbocycles. The van der Waals surface area contributed by atoms with Gasteiger partial charge in [-0.1, -0.05) is 0 Å². The van der Waals surface area contributed by atoms with Crippen LogP contribution in [0.15, 0.2) is 4.42 Å².